The molecule has 4 heteroatoms. The van der Waals surface area contributed by atoms with Crippen molar-refractivity contribution in [3.63, 3.8) is 0 Å². The summed E-state index contributed by atoms with van der Waals surface area (Å²) >= 11 is 1.56. The van der Waals surface area contributed by atoms with Crippen molar-refractivity contribution in [3.05, 3.63) is 23.2 Å². The fourth-order valence-corrected chi connectivity index (χ4v) is 2.37. The molecular weight excluding hydrogens is 184 g/mol. The Morgan fingerprint density at radius 1 is 1.69 bits per heavy atom. The fourth-order valence-electron chi connectivity index (χ4n) is 1.45. The van der Waals surface area contributed by atoms with Crippen LogP contribution in [0.15, 0.2) is 17.6 Å². The number of aromatic nitrogens is 1. The number of carbonyl (C=O) groups excluding carboxylic acids is 1. The number of nitrogens with zero attached hydrogens (tertiary/aromatic N) is 1. The Kier molecular flexibility index (Phi) is 1.84. The molecule has 0 atom stereocenters. The van der Waals surface area contributed by atoms with E-state index in [4.69, 9.17) is 5.73 Å². The van der Waals surface area contributed by atoms with Gasteiger partial charge >= 0.3 is 0 Å². The molecule has 0 saturated heterocycles. The molecule has 2 rings (SSSR count). The maximum atomic E-state index is 11.1. The maximum Gasteiger partial charge on any atom is 0.251 e. The first-order valence-corrected chi connectivity index (χ1v) is 4.98. The molecule has 2 heterocycles. The van der Waals surface area contributed by atoms with Gasteiger partial charge in [-0.15, -0.1) is 11.3 Å². The average Bonchev–Trinajstić information content (AvgIpc) is 2.61. The van der Waals surface area contributed by atoms with Crippen molar-refractivity contribution >= 4 is 27.5 Å². The lowest BCUT2D eigenvalue weighted by Gasteiger charge is -1.94. The molecule has 0 spiro atoms. The molecule has 0 saturated carbocycles. The van der Waals surface area contributed by atoms with E-state index in [2.05, 4.69) is 0 Å². The van der Waals surface area contributed by atoms with E-state index in [-0.39, 0.29) is 5.91 Å². The van der Waals surface area contributed by atoms with Gasteiger partial charge in [0.15, 0.2) is 0 Å². The van der Waals surface area contributed by atoms with Gasteiger partial charge in [-0.3, -0.25) is 4.79 Å². The van der Waals surface area contributed by atoms with Gasteiger partial charge in [-0.2, -0.15) is 0 Å². The second kappa shape index (κ2) is 2.88. The van der Waals surface area contributed by atoms with Gasteiger partial charge in [0.2, 0.25) is 0 Å². The summed E-state index contributed by atoms with van der Waals surface area (Å²) in [5.74, 6) is -0.348. The normalized spacial score (nSPS) is 10.8. The van der Waals surface area contributed by atoms with E-state index in [1.165, 1.54) is 0 Å². The van der Waals surface area contributed by atoms with Crippen molar-refractivity contribution < 1.29 is 4.79 Å². The van der Waals surface area contributed by atoms with Crippen molar-refractivity contribution in [2.45, 2.75) is 13.5 Å². The minimum atomic E-state index is -0.348. The Bertz CT molecular complexity index is 455. The predicted molar refractivity (Wildman–Crippen MR) is 54.0 cm³/mol. The summed E-state index contributed by atoms with van der Waals surface area (Å²) in [7, 11) is 0. The summed E-state index contributed by atoms with van der Waals surface area (Å²) in [5, 5.41) is 1.98. The number of aryl methyl sites for hydroxylation is 1. The van der Waals surface area contributed by atoms with Crippen LogP contribution < -0.4 is 5.73 Å². The molecule has 0 unspecified atom stereocenters. The predicted octanol–water partition coefficient (Wildman–Crippen LogP) is 1.82. The molecule has 2 aromatic heterocycles. The molecule has 2 N–H and O–H groups in total. The molecule has 0 aliphatic rings. The molecule has 1 amide bonds. The van der Waals surface area contributed by atoms with Crippen LogP contribution in [0.2, 0.25) is 0 Å². The summed E-state index contributed by atoms with van der Waals surface area (Å²) in [6.45, 7) is 2.91. The lowest BCUT2D eigenvalue weighted by atomic mass is 10.3. The molecule has 0 bridgehead atoms. The van der Waals surface area contributed by atoms with E-state index in [1.54, 1.807) is 11.3 Å². The Morgan fingerprint density at radius 3 is 3.08 bits per heavy atom. The van der Waals surface area contributed by atoms with Gasteiger partial charge in [-0.25, -0.2) is 0 Å². The number of nitrogens with two attached hydrogens (primary N) is 1. The van der Waals surface area contributed by atoms with Crippen LogP contribution in [0.5, 0.6) is 0 Å². The van der Waals surface area contributed by atoms with Gasteiger partial charge < -0.3 is 10.3 Å². The molecule has 0 radical (unpaired) electrons. The zero-order chi connectivity index (χ0) is 9.42. The number of amides is 1. The lowest BCUT2D eigenvalue weighted by Crippen LogP contribution is -2.09. The van der Waals surface area contributed by atoms with Crippen LogP contribution in [0.25, 0.3) is 10.2 Å². The summed E-state index contributed by atoms with van der Waals surface area (Å²) in [4.78, 5) is 11.1. The molecule has 2 aromatic rings. The van der Waals surface area contributed by atoms with E-state index in [1.807, 2.05) is 29.1 Å². The second-order valence-electron chi connectivity index (χ2n) is 2.83. The molecule has 0 fully saturated rings. The quantitative estimate of drug-likeness (QED) is 0.778. The van der Waals surface area contributed by atoms with Crippen LogP contribution >= 0.6 is 11.3 Å². The molecule has 68 valence electrons. The monoisotopic (exact) mass is 194 g/mol. The van der Waals surface area contributed by atoms with Gasteiger partial charge in [0.25, 0.3) is 5.91 Å². The standard InChI is InChI=1S/C9H10N2OS/c1-2-11-5-6(9(10)12)8-7(11)3-4-13-8/h3-5H,2H2,1H3,(H2,10,12). The summed E-state index contributed by atoms with van der Waals surface area (Å²) in [6.07, 6.45) is 1.82. The zero-order valence-electron chi connectivity index (χ0n) is 7.28. The molecule has 0 aromatic carbocycles. The number of rotatable bonds is 2. The second-order valence-corrected chi connectivity index (χ2v) is 3.74. The first-order valence-electron chi connectivity index (χ1n) is 4.10. The minimum Gasteiger partial charge on any atom is -0.366 e. The SMILES string of the molecule is CCn1cc(C(N)=O)c2sccc21. The van der Waals surface area contributed by atoms with E-state index >= 15 is 0 Å². The van der Waals surface area contributed by atoms with Crippen molar-refractivity contribution in [3.8, 4) is 0 Å². The third kappa shape index (κ3) is 1.14. The van der Waals surface area contributed by atoms with Crippen molar-refractivity contribution in [1.29, 1.82) is 0 Å². The lowest BCUT2D eigenvalue weighted by molar-refractivity contribution is 0.100. The van der Waals surface area contributed by atoms with Gasteiger partial charge in [0.1, 0.15) is 0 Å². The first kappa shape index (κ1) is 8.31. The van der Waals surface area contributed by atoms with Crippen LogP contribution in [0.4, 0.5) is 0 Å². The molecule has 13 heavy (non-hydrogen) atoms. The maximum absolute atomic E-state index is 11.1. The highest BCUT2D eigenvalue weighted by Crippen LogP contribution is 2.26. The van der Waals surface area contributed by atoms with Gasteiger partial charge in [0, 0.05) is 12.7 Å². The Balaban J connectivity index is 2.75. The van der Waals surface area contributed by atoms with Crippen LogP contribution in [0.3, 0.4) is 0 Å². The summed E-state index contributed by atoms with van der Waals surface area (Å²) < 4.78 is 3.03. The zero-order valence-corrected chi connectivity index (χ0v) is 8.10. The van der Waals surface area contributed by atoms with Crippen LogP contribution in [-0.2, 0) is 6.54 Å². The Morgan fingerprint density at radius 2 is 2.46 bits per heavy atom. The molecule has 0 aliphatic carbocycles. The van der Waals surface area contributed by atoms with Crippen LogP contribution in [-0.4, -0.2) is 10.5 Å². The van der Waals surface area contributed by atoms with E-state index < -0.39 is 0 Å². The number of hydrogen-bond donors (Lipinski definition) is 1. The van der Waals surface area contributed by atoms with E-state index in [9.17, 15) is 4.79 Å². The first-order chi connectivity index (χ1) is 6.24. The van der Waals surface area contributed by atoms with Crippen molar-refractivity contribution in [1.82, 2.24) is 4.57 Å². The van der Waals surface area contributed by atoms with Crippen molar-refractivity contribution in [2.75, 3.05) is 0 Å². The highest BCUT2D eigenvalue weighted by molar-refractivity contribution is 7.17. The van der Waals surface area contributed by atoms with Gasteiger partial charge in [-0.1, -0.05) is 0 Å². The Labute approximate surface area is 79.8 Å². The van der Waals surface area contributed by atoms with Gasteiger partial charge in [0.05, 0.1) is 15.8 Å². The van der Waals surface area contributed by atoms with Crippen LogP contribution in [0.1, 0.15) is 17.3 Å². The topological polar surface area (TPSA) is 48.0 Å². The molecule has 3 nitrogen and oxygen atoms in total. The van der Waals surface area contributed by atoms with Gasteiger partial charge in [-0.05, 0) is 18.4 Å². The highest BCUT2D eigenvalue weighted by atomic mass is 32.1. The number of fused-ring (bicyclic) bond motifs is 1. The number of hydrogen-bond acceptors (Lipinski definition) is 2. The summed E-state index contributed by atoms with van der Waals surface area (Å²) in [5.41, 5.74) is 6.99. The van der Waals surface area contributed by atoms with Crippen molar-refractivity contribution in [2.24, 2.45) is 5.73 Å². The van der Waals surface area contributed by atoms with Crippen LogP contribution in [0, 0.1) is 0 Å². The molecule has 0 aliphatic heterocycles. The minimum absolute atomic E-state index is 0.348. The van der Waals surface area contributed by atoms with E-state index in [0.29, 0.717) is 5.56 Å². The number of carbonyl (C=O) groups is 1. The Hall–Kier alpha value is -1.29. The average molecular weight is 194 g/mol. The third-order valence-electron chi connectivity index (χ3n) is 2.09. The smallest absolute Gasteiger partial charge is 0.251 e. The number of primary amides is 1. The highest BCUT2D eigenvalue weighted by Gasteiger charge is 2.12. The van der Waals surface area contributed by atoms with E-state index in [0.717, 1.165) is 16.8 Å². The summed E-state index contributed by atoms with van der Waals surface area (Å²) in [6, 6.07) is 2.01. The largest absolute Gasteiger partial charge is 0.366 e. The third-order valence-corrected chi connectivity index (χ3v) is 3.03. The molecular formula is C9H10N2OS. The fraction of sp³-hybridized carbons (Fsp3) is 0.222. The number of thiophene rings is 1.